The molecule has 0 aliphatic carbocycles. The molecule has 0 aliphatic heterocycles. The number of amides is 1. The molecule has 3 N–H and O–H groups in total. The minimum atomic E-state index is -0.692. The maximum atomic E-state index is 12.6. The van der Waals surface area contributed by atoms with Crippen molar-refractivity contribution >= 4 is 5.91 Å². The summed E-state index contributed by atoms with van der Waals surface area (Å²) in [5.41, 5.74) is 9.14. The molecule has 0 aromatic heterocycles. The Balaban J connectivity index is 2.08. The molecule has 0 radical (unpaired) electrons. The monoisotopic (exact) mass is 312 g/mol. The first-order chi connectivity index (χ1) is 11.0. The number of aliphatic hydroxyl groups excluding tert-OH is 1. The van der Waals surface area contributed by atoms with Crippen LogP contribution in [-0.2, 0) is 6.54 Å². The van der Waals surface area contributed by atoms with E-state index in [4.69, 9.17) is 5.73 Å². The van der Waals surface area contributed by atoms with E-state index in [0.717, 1.165) is 16.7 Å². The lowest BCUT2D eigenvalue weighted by molar-refractivity contribution is 0.0635. The van der Waals surface area contributed by atoms with Crippen LogP contribution in [0.3, 0.4) is 0 Å². The number of hydrogen-bond acceptors (Lipinski definition) is 3. The molecule has 0 saturated heterocycles. The molecule has 2 aromatic carbocycles. The Morgan fingerprint density at radius 2 is 1.74 bits per heavy atom. The number of benzene rings is 2. The van der Waals surface area contributed by atoms with Crippen LogP contribution in [0.15, 0.2) is 48.5 Å². The number of aliphatic hydroxyl groups is 1. The largest absolute Gasteiger partial charge is 0.387 e. The van der Waals surface area contributed by atoms with E-state index in [-0.39, 0.29) is 12.5 Å². The molecule has 0 heterocycles. The average Bonchev–Trinajstić information content (AvgIpc) is 2.59. The van der Waals surface area contributed by atoms with Crippen LogP contribution in [0.4, 0.5) is 0 Å². The highest BCUT2D eigenvalue weighted by Crippen LogP contribution is 2.17. The first kappa shape index (κ1) is 17.2. The fourth-order valence-corrected chi connectivity index (χ4v) is 2.42. The van der Waals surface area contributed by atoms with E-state index < -0.39 is 6.10 Å². The summed E-state index contributed by atoms with van der Waals surface area (Å²) < 4.78 is 0. The van der Waals surface area contributed by atoms with Gasteiger partial charge < -0.3 is 15.7 Å². The van der Waals surface area contributed by atoms with Crippen molar-refractivity contribution in [3.8, 4) is 0 Å². The van der Waals surface area contributed by atoms with Gasteiger partial charge in [0.05, 0.1) is 12.6 Å². The molecule has 23 heavy (non-hydrogen) atoms. The van der Waals surface area contributed by atoms with Gasteiger partial charge in [0.15, 0.2) is 0 Å². The Labute approximate surface area is 137 Å². The standard InChI is InChI=1S/C19H24N2O2/c1-3-21(13-18(22)16-8-4-14(2)5-9-16)19(23)17-10-6-15(12-20)7-11-17/h4-11,18,22H,3,12-13,20H2,1-2H3. The van der Waals surface area contributed by atoms with Crippen LogP contribution in [0.2, 0.25) is 0 Å². The Kier molecular flexibility index (Phi) is 5.90. The minimum Gasteiger partial charge on any atom is -0.387 e. The molecule has 4 heteroatoms. The Morgan fingerprint density at radius 1 is 1.13 bits per heavy atom. The van der Waals surface area contributed by atoms with E-state index in [1.54, 1.807) is 17.0 Å². The zero-order chi connectivity index (χ0) is 16.8. The summed E-state index contributed by atoms with van der Waals surface area (Å²) in [4.78, 5) is 14.2. The van der Waals surface area contributed by atoms with Crippen LogP contribution < -0.4 is 5.73 Å². The summed E-state index contributed by atoms with van der Waals surface area (Å²) in [6, 6.07) is 15.0. The van der Waals surface area contributed by atoms with Crippen LogP contribution in [0.25, 0.3) is 0 Å². The molecule has 2 aromatic rings. The maximum absolute atomic E-state index is 12.6. The van der Waals surface area contributed by atoms with Gasteiger partial charge in [0.1, 0.15) is 0 Å². The highest BCUT2D eigenvalue weighted by molar-refractivity contribution is 5.94. The zero-order valence-corrected chi connectivity index (χ0v) is 13.7. The molecule has 122 valence electrons. The van der Waals surface area contributed by atoms with Gasteiger partial charge in [-0.1, -0.05) is 42.0 Å². The summed E-state index contributed by atoms with van der Waals surface area (Å²) in [7, 11) is 0. The normalized spacial score (nSPS) is 12.0. The van der Waals surface area contributed by atoms with Gasteiger partial charge in [-0.2, -0.15) is 0 Å². The maximum Gasteiger partial charge on any atom is 0.253 e. The van der Waals surface area contributed by atoms with Gasteiger partial charge in [0.2, 0.25) is 0 Å². The first-order valence-electron chi connectivity index (χ1n) is 7.88. The molecule has 0 saturated carbocycles. The summed E-state index contributed by atoms with van der Waals surface area (Å²) in [6.07, 6.45) is -0.692. The van der Waals surface area contributed by atoms with Crippen molar-refractivity contribution < 1.29 is 9.90 Å². The number of nitrogens with two attached hydrogens (primary N) is 1. The average molecular weight is 312 g/mol. The number of nitrogens with zero attached hydrogens (tertiary/aromatic N) is 1. The second kappa shape index (κ2) is 7.90. The highest BCUT2D eigenvalue weighted by Gasteiger charge is 2.18. The second-order valence-electron chi connectivity index (χ2n) is 5.67. The lowest BCUT2D eigenvalue weighted by Crippen LogP contribution is -2.34. The highest BCUT2D eigenvalue weighted by atomic mass is 16.3. The Hall–Kier alpha value is -2.17. The molecule has 1 atom stereocenters. The first-order valence-corrected chi connectivity index (χ1v) is 7.88. The Morgan fingerprint density at radius 3 is 2.26 bits per heavy atom. The molecule has 0 aliphatic rings. The number of aryl methyl sites for hydroxylation is 1. The van der Waals surface area contributed by atoms with E-state index in [9.17, 15) is 9.90 Å². The van der Waals surface area contributed by atoms with Crippen molar-refractivity contribution in [3.63, 3.8) is 0 Å². The van der Waals surface area contributed by atoms with Crippen LogP contribution >= 0.6 is 0 Å². The molecule has 0 fully saturated rings. The van der Waals surface area contributed by atoms with E-state index in [2.05, 4.69) is 0 Å². The van der Waals surface area contributed by atoms with Crippen molar-refractivity contribution in [2.75, 3.05) is 13.1 Å². The van der Waals surface area contributed by atoms with Crippen molar-refractivity contribution in [1.82, 2.24) is 4.90 Å². The van der Waals surface area contributed by atoms with E-state index >= 15 is 0 Å². The van der Waals surface area contributed by atoms with Crippen LogP contribution in [0, 0.1) is 6.92 Å². The minimum absolute atomic E-state index is 0.0813. The molecule has 0 bridgehead atoms. The van der Waals surface area contributed by atoms with Gasteiger partial charge in [-0.15, -0.1) is 0 Å². The van der Waals surface area contributed by atoms with E-state index in [1.165, 1.54) is 0 Å². The predicted octanol–water partition coefficient (Wildman–Crippen LogP) is 2.65. The predicted molar refractivity (Wildman–Crippen MR) is 92.0 cm³/mol. The fourth-order valence-electron chi connectivity index (χ4n) is 2.42. The van der Waals surface area contributed by atoms with Gasteiger partial charge >= 0.3 is 0 Å². The third-order valence-electron chi connectivity index (χ3n) is 3.96. The molecule has 2 rings (SSSR count). The second-order valence-corrected chi connectivity index (χ2v) is 5.67. The summed E-state index contributed by atoms with van der Waals surface area (Å²) in [6.45, 7) is 5.19. The van der Waals surface area contributed by atoms with Crippen LogP contribution in [-0.4, -0.2) is 29.0 Å². The summed E-state index contributed by atoms with van der Waals surface area (Å²) in [5, 5.41) is 10.4. The number of likely N-dealkylation sites (N-methyl/N-ethyl adjacent to an activating group) is 1. The molecule has 1 unspecified atom stereocenters. The quantitative estimate of drug-likeness (QED) is 0.862. The molecule has 1 amide bonds. The van der Waals surface area contributed by atoms with Crippen molar-refractivity contribution in [2.45, 2.75) is 26.5 Å². The molecule has 4 nitrogen and oxygen atoms in total. The molecular weight excluding hydrogens is 288 g/mol. The SMILES string of the molecule is CCN(CC(O)c1ccc(C)cc1)C(=O)c1ccc(CN)cc1. The van der Waals surface area contributed by atoms with Gasteiger partial charge in [-0.3, -0.25) is 4.79 Å². The number of rotatable bonds is 6. The lowest BCUT2D eigenvalue weighted by atomic mass is 10.1. The van der Waals surface area contributed by atoms with Crippen LogP contribution in [0.5, 0.6) is 0 Å². The smallest absolute Gasteiger partial charge is 0.253 e. The third kappa shape index (κ3) is 4.41. The van der Waals surface area contributed by atoms with Crippen molar-refractivity contribution in [1.29, 1.82) is 0 Å². The van der Waals surface area contributed by atoms with Gasteiger partial charge in [0, 0.05) is 18.7 Å². The topological polar surface area (TPSA) is 66.6 Å². The van der Waals surface area contributed by atoms with Gasteiger partial charge in [-0.25, -0.2) is 0 Å². The Bertz CT molecular complexity index is 635. The zero-order valence-electron chi connectivity index (χ0n) is 13.7. The fraction of sp³-hybridized carbons (Fsp3) is 0.316. The number of carbonyl (C=O) groups excluding carboxylic acids is 1. The number of hydrogen-bond donors (Lipinski definition) is 2. The van der Waals surface area contributed by atoms with Crippen LogP contribution in [0.1, 0.15) is 40.1 Å². The van der Waals surface area contributed by atoms with E-state index in [0.29, 0.717) is 18.7 Å². The third-order valence-corrected chi connectivity index (χ3v) is 3.96. The van der Waals surface area contributed by atoms with Crippen molar-refractivity contribution in [3.05, 3.63) is 70.8 Å². The van der Waals surface area contributed by atoms with Gasteiger partial charge in [0.25, 0.3) is 5.91 Å². The summed E-state index contributed by atoms with van der Waals surface area (Å²) in [5.74, 6) is -0.0813. The van der Waals surface area contributed by atoms with E-state index in [1.807, 2.05) is 50.2 Å². The van der Waals surface area contributed by atoms with Gasteiger partial charge in [-0.05, 0) is 37.1 Å². The molecule has 0 spiro atoms. The molecular formula is C19H24N2O2. The number of carbonyl (C=O) groups is 1. The lowest BCUT2D eigenvalue weighted by Gasteiger charge is -2.24. The van der Waals surface area contributed by atoms with Crippen molar-refractivity contribution in [2.24, 2.45) is 5.73 Å². The summed E-state index contributed by atoms with van der Waals surface area (Å²) >= 11 is 0.